The van der Waals surface area contributed by atoms with Crippen LogP contribution in [-0.2, 0) is 17.3 Å². The summed E-state index contributed by atoms with van der Waals surface area (Å²) in [5.74, 6) is 5.30. The number of nitrogens with zero attached hydrogens (tertiary/aromatic N) is 1. The van der Waals surface area contributed by atoms with Crippen molar-refractivity contribution in [3.63, 3.8) is 0 Å². The zero-order valence-electron chi connectivity index (χ0n) is 23.7. The van der Waals surface area contributed by atoms with Crippen molar-refractivity contribution in [2.75, 3.05) is 26.7 Å². The van der Waals surface area contributed by atoms with Crippen LogP contribution in [0.25, 0.3) is 0 Å². The highest BCUT2D eigenvalue weighted by molar-refractivity contribution is 5.61. The van der Waals surface area contributed by atoms with Gasteiger partial charge in [0.1, 0.15) is 5.75 Å². The van der Waals surface area contributed by atoms with Crippen LogP contribution in [0, 0.1) is 23.2 Å². The number of nitrogens with one attached hydrogen (secondary N) is 1. The van der Waals surface area contributed by atoms with Gasteiger partial charge in [-0.15, -0.1) is 0 Å². The van der Waals surface area contributed by atoms with Crippen molar-refractivity contribution < 1.29 is 9.47 Å². The molecule has 2 aromatic rings. The Morgan fingerprint density at radius 2 is 1.84 bits per heavy atom. The quantitative estimate of drug-likeness (QED) is 0.499. The van der Waals surface area contributed by atoms with Crippen molar-refractivity contribution in [3.05, 3.63) is 53.1 Å². The molecular weight excluding hydrogens is 468 g/mol. The molecule has 4 heteroatoms. The Labute approximate surface area is 228 Å². The predicted octanol–water partition coefficient (Wildman–Crippen LogP) is 6.45. The number of ether oxygens (including phenoxy) is 2. The van der Waals surface area contributed by atoms with Crippen molar-refractivity contribution in [2.45, 2.75) is 88.6 Å². The highest BCUT2D eigenvalue weighted by Gasteiger charge is 2.75. The number of methoxy groups -OCH3 is 1. The number of piperidine rings is 1. The number of hydrogen-bond donors (Lipinski definition) is 1. The first-order valence-electron chi connectivity index (χ1n) is 15.3. The van der Waals surface area contributed by atoms with Gasteiger partial charge in [-0.1, -0.05) is 39.0 Å². The number of fused-ring (bicyclic) bond motifs is 1. The van der Waals surface area contributed by atoms with Gasteiger partial charge in [0.15, 0.2) is 11.5 Å². The minimum absolute atomic E-state index is 0.129. The van der Waals surface area contributed by atoms with Gasteiger partial charge < -0.3 is 14.8 Å². The van der Waals surface area contributed by atoms with Crippen molar-refractivity contribution >= 4 is 0 Å². The molecule has 0 aromatic heterocycles. The first-order chi connectivity index (χ1) is 18.3. The van der Waals surface area contributed by atoms with E-state index in [1.807, 2.05) is 7.11 Å². The third-order valence-corrected chi connectivity index (χ3v) is 11.9. The first-order valence-corrected chi connectivity index (χ1v) is 15.3. The molecule has 2 aliphatic heterocycles. The van der Waals surface area contributed by atoms with Crippen LogP contribution in [0.3, 0.4) is 0 Å². The Morgan fingerprint density at radius 3 is 2.58 bits per heavy atom. The minimum Gasteiger partial charge on any atom is -0.493 e. The summed E-state index contributed by atoms with van der Waals surface area (Å²) >= 11 is 0. The molecule has 0 spiro atoms. The molecule has 1 N–H and O–H groups in total. The Hall–Kier alpha value is -2.04. The van der Waals surface area contributed by atoms with Crippen LogP contribution in [0.4, 0.5) is 0 Å². The van der Waals surface area contributed by atoms with Crippen LogP contribution in [0.5, 0.6) is 17.2 Å². The highest BCUT2D eigenvalue weighted by Crippen LogP contribution is 2.76. The van der Waals surface area contributed by atoms with E-state index in [1.54, 1.807) is 0 Å². The van der Waals surface area contributed by atoms with Crippen LogP contribution >= 0.6 is 0 Å². The largest absolute Gasteiger partial charge is 0.493 e. The number of likely N-dealkylation sites (tertiary alicyclic amines) is 1. The summed E-state index contributed by atoms with van der Waals surface area (Å²) in [6, 6.07) is 14.7. The Morgan fingerprint density at radius 1 is 1.03 bits per heavy atom. The summed E-state index contributed by atoms with van der Waals surface area (Å²) in [7, 11) is 1.81. The SMILES string of the molecule is COc1ccc2c(c1Oc1ccc(C(C)(C)C)cc1)C13CCN(CC4CC4)C(C2)C12CCC1NCC(C2)C13. The maximum absolute atomic E-state index is 6.96. The molecule has 6 aliphatic rings. The topological polar surface area (TPSA) is 33.7 Å². The van der Waals surface area contributed by atoms with Gasteiger partial charge in [0.25, 0.3) is 0 Å². The van der Waals surface area contributed by atoms with Gasteiger partial charge in [0.2, 0.25) is 0 Å². The summed E-state index contributed by atoms with van der Waals surface area (Å²) in [4.78, 5) is 2.96. The van der Waals surface area contributed by atoms with Crippen LogP contribution in [-0.4, -0.2) is 43.7 Å². The molecule has 5 fully saturated rings. The van der Waals surface area contributed by atoms with E-state index < -0.39 is 0 Å². The van der Waals surface area contributed by atoms with Crippen LogP contribution in [0.15, 0.2) is 36.4 Å². The molecule has 3 saturated carbocycles. The molecule has 2 aromatic carbocycles. The van der Waals surface area contributed by atoms with E-state index in [1.165, 1.54) is 81.3 Å². The molecule has 0 radical (unpaired) electrons. The van der Waals surface area contributed by atoms with E-state index in [0.29, 0.717) is 17.5 Å². The van der Waals surface area contributed by atoms with E-state index >= 15 is 0 Å². The van der Waals surface area contributed by atoms with Gasteiger partial charge in [-0.3, -0.25) is 4.90 Å². The van der Waals surface area contributed by atoms with E-state index in [0.717, 1.165) is 35.0 Å². The fourth-order valence-corrected chi connectivity index (χ4v) is 10.3. The summed E-state index contributed by atoms with van der Waals surface area (Å²) in [6.45, 7) is 10.6. The average molecular weight is 513 g/mol. The van der Waals surface area contributed by atoms with Crippen molar-refractivity contribution in [1.82, 2.24) is 10.2 Å². The van der Waals surface area contributed by atoms with Crippen LogP contribution in [0.1, 0.15) is 76.0 Å². The molecule has 4 nitrogen and oxygen atoms in total. The van der Waals surface area contributed by atoms with Gasteiger partial charge in [-0.05, 0) is 116 Å². The van der Waals surface area contributed by atoms with Crippen LogP contribution in [0.2, 0.25) is 0 Å². The van der Waals surface area contributed by atoms with E-state index in [2.05, 4.69) is 67.4 Å². The normalized spacial score (nSPS) is 37.1. The average Bonchev–Trinajstić information content (AvgIpc) is 3.56. The molecule has 2 heterocycles. The van der Waals surface area contributed by atoms with Gasteiger partial charge in [0, 0.05) is 29.6 Å². The Balaban J connectivity index is 1.29. The van der Waals surface area contributed by atoms with E-state index in [-0.39, 0.29) is 10.8 Å². The van der Waals surface area contributed by atoms with E-state index in [4.69, 9.17) is 9.47 Å². The molecule has 2 saturated heterocycles. The van der Waals surface area contributed by atoms with Crippen molar-refractivity contribution in [3.8, 4) is 17.2 Å². The summed E-state index contributed by atoms with van der Waals surface area (Å²) in [5, 5.41) is 3.99. The molecule has 6 atom stereocenters. The monoisotopic (exact) mass is 512 g/mol. The molecule has 8 rings (SSSR count). The molecule has 4 bridgehead atoms. The summed E-state index contributed by atoms with van der Waals surface area (Å²) in [6.07, 6.45) is 9.43. The molecular formula is C34H44N2O2. The zero-order chi connectivity index (χ0) is 25.9. The summed E-state index contributed by atoms with van der Waals surface area (Å²) in [5.41, 5.74) is 5.09. The molecule has 0 amide bonds. The predicted molar refractivity (Wildman–Crippen MR) is 151 cm³/mol. The Bertz CT molecular complexity index is 1260. The van der Waals surface area contributed by atoms with Gasteiger partial charge in [-0.2, -0.15) is 0 Å². The lowest BCUT2D eigenvalue weighted by Crippen LogP contribution is -2.69. The number of rotatable bonds is 5. The Kier molecular flexibility index (Phi) is 5.02. The smallest absolute Gasteiger partial charge is 0.173 e. The minimum atomic E-state index is 0.129. The number of hydrogen-bond acceptors (Lipinski definition) is 4. The lowest BCUT2D eigenvalue weighted by Gasteiger charge is -2.66. The van der Waals surface area contributed by atoms with Crippen molar-refractivity contribution in [2.24, 2.45) is 23.2 Å². The van der Waals surface area contributed by atoms with Gasteiger partial charge in [-0.25, -0.2) is 0 Å². The van der Waals surface area contributed by atoms with E-state index in [9.17, 15) is 0 Å². The highest BCUT2D eigenvalue weighted by atomic mass is 16.5. The molecule has 38 heavy (non-hydrogen) atoms. The number of benzene rings is 2. The lowest BCUT2D eigenvalue weighted by atomic mass is 9.43. The summed E-state index contributed by atoms with van der Waals surface area (Å²) < 4.78 is 13.0. The van der Waals surface area contributed by atoms with Crippen molar-refractivity contribution in [1.29, 1.82) is 0 Å². The third-order valence-electron chi connectivity index (χ3n) is 11.9. The molecule has 6 unspecified atom stereocenters. The first kappa shape index (κ1) is 23.8. The molecule has 202 valence electrons. The van der Waals surface area contributed by atoms with Gasteiger partial charge >= 0.3 is 0 Å². The third kappa shape index (κ3) is 3.11. The second-order valence-electron chi connectivity index (χ2n) is 14.6. The second-order valence-corrected chi connectivity index (χ2v) is 14.6. The maximum Gasteiger partial charge on any atom is 0.173 e. The standard InChI is InChI=1S/C34H44N2O2/c1-32(2,3)24-8-10-25(11-9-24)38-31-27(37-4)12-7-22-17-28-33-14-13-26-29(23(18-33)19-35-26)34(33,30(22)31)15-16-36(28)20-21-5-6-21/h7-12,21,23,26,28-29,35H,5-6,13-20H2,1-4H3. The fourth-order valence-electron chi connectivity index (χ4n) is 10.3. The van der Waals surface area contributed by atoms with Gasteiger partial charge in [0.05, 0.1) is 7.11 Å². The van der Waals surface area contributed by atoms with Crippen LogP contribution < -0.4 is 14.8 Å². The lowest BCUT2D eigenvalue weighted by molar-refractivity contribution is -0.0948. The molecule has 4 aliphatic carbocycles. The fraction of sp³-hybridized carbons (Fsp3) is 0.647. The zero-order valence-corrected chi connectivity index (χ0v) is 23.7. The second kappa shape index (κ2) is 8.01. The maximum atomic E-state index is 6.96.